The number of fused-ring (bicyclic) bond motifs is 1. The molecule has 1 saturated heterocycles. The Labute approximate surface area is 137 Å². The van der Waals surface area contributed by atoms with E-state index in [4.69, 9.17) is 0 Å². The zero-order valence-electron chi connectivity index (χ0n) is 13.5. The molecule has 23 heavy (non-hydrogen) atoms. The van der Waals surface area contributed by atoms with Crippen LogP contribution in [0.15, 0.2) is 30.3 Å². The summed E-state index contributed by atoms with van der Waals surface area (Å²) in [6.07, 6.45) is 5.53. The monoisotopic (exact) mass is 315 g/mol. The molecule has 1 N–H and O–H groups in total. The second-order valence-corrected chi connectivity index (χ2v) is 7.03. The lowest BCUT2D eigenvalue weighted by molar-refractivity contribution is -0.145. The zero-order valence-corrected chi connectivity index (χ0v) is 13.5. The van der Waals surface area contributed by atoms with Gasteiger partial charge < -0.3 is 10.0 Å². The first-order valence-corrected chi connectivity index (χ1v) is 8.68. The van der Waals surface area contributed by atoms with Crippen LogP contribution >= 0.6 is 0 Å². The van der Waals surface area contributed by atoms with E-state index in [1.165, 1.54) is 25.7 Å². The molecule has 3 atom stereocenters. The molecule has 0 radical (unpaired) electrons. The number of likely N-dealkylation sites (tertiary alicyclic amines) is 1. The highest BCUT2D eigenvalue weighted by Crippen LogP contribution is 2.36. The van der Waals surface area contributed by atoms with Gasteiger partial charge >= 0.3 is 5.97 Å². The van der Waals surface area contributed by atoms with E-state index in [0.717, 1.165) is 18.7 Å². The predicted molar refractivity (Wildman–Crippen MR) is 87.9 cm³/mol. The van der Waals surface area contributed by atoms with Gasteiger partial charge in [-0.15, -0.1) is 0 Å². The average Bonchev–Trinajstić information content (AvgIpc) is 2.99. The second-order valence-electron chi connectivity index (χ2n) is 7.03. The van der Waals surface area contributed by atoms with E-state index in [1.807, 2.05) is 35.2 Å². The summed E-state index contributed by atoms with van der Waals surface area (Å²) in [5.74, 6) is -0.204. The minimum atomic E-state index is -0.876. The number of carboxylic acid groups (broad SMARTS) is 1. The minimum absolute atomic E-state index is 0.0164. The van der Waals surface area contributed by atoms with Gasteiger partial charge in [0.05, 0.1) is 5.92 Å². The molecular weight excluding hydrogens is 290 g/mol. The average molecular weight is 315 g/mol. The van der Waals surface area contributed by atoms with Crippen molar-refractivity contribution in [3.63, 3.8) is 0 Å². The number of carboxylic acids is 1. The largest absolute Gasteiger partial charge is 0.481 e. The van der Waals surface area contributed by atoms with Crippen LogP contribution in [0.1, 0.15) is 37.7 Å². The molecule has 1 aromatic rings. The van der Waals surface area contributed by atoms with Crippen molar-refractivity contribution in [2.75, 3.05) is 13.1 Å². The van der Waals surface area contributed by atoms with E-state index in [0.29, 0.717) is 18.3 Å². The molecule has 2 aliphatic rings. The number of amides is 1. The summed E-state index contributed by atoms with van der Waals surface area (Å²) in [6, 6.07) is 9.56. The van der Waals surface area contributed by atoms with Gasteiger partial charge in [-0.05, 0) is 36.7 Å². The normalized spacial score (nSPS) is 25.0. The smallest absolute Gasteiger partial charge is 0.307 e. The first kappa shape index (κ1) is 16.0. The molecule has 0 aromatic heterocycles. The third-order valence-electron chi connectivity index (χ3n) is 5.42. The van der Waals surface area contributed by atoms with Crippen molar-refractivity contribution in [3.05, 3.63) is 35.9 Å². The van der Waals surface area contributed by atoms with Crippen LogP contribution in [0.3, 0.4) is 0 Å². The lowest BCUT2D eigenvalue weighted by atomic mass is 9.82. The van der Waals surface area contributed by atoms with Crippen molar-refractivity contribution in [1.82, 2.24) is 4.90 Å². The molecule has 1 aliphatic carbocycles. The summed E-state index contributed by atoms with van der Waals surface area (Å²) < 4.78 is 0. The molecule has 1 amide bonds. The first-order chi connectivity index (χ1) is 11.1. The maximum atomic E-state index is 12.6. The van der Waals surface area contributed by atoms with Crippen LogP contribution in [0.5, 0.6) is 0 Å². The molecule has 124 valence electrons. The van der Waals surface area contributed by atoms with Crippen LogP contribution < -0.4 is 0 Å². The van der Waals surface area contributed by atoms with Crippen molar-refractivity contribution in [2.45, 2.75) is 38.5 Å². The van der Waals surface area contributed by atoms with Gasteiger partial charge in [0.15, 0.2) is 0 Å². The van der Waals surface area contributed by atoms with Crippen molar-refractivity contribution >= 4 is 11.9 Å². The zero-order chi connectivity index (χ0) is 16.2. The fourth-order valence-corrected chi connectivity index (χ4v) is 4.09. The van der Waals surface area contributed by atoms with Crippen molar-refractivity contribution in [2.24, 2.45) is 17.8 Å². The number of nitrogens with zero attached hydrogens (tertiary/aromatic N) is 1. The number of carbonyl (C=O) groups excluding carboxylic acids is 1. The Morgan fingerprint density at radius 3 is 2.26 bits per heavy atom. The maximum Gasteiger partial charge on any atom is 0.307 e. The molecule has 0 unspecified atom stereocenters. The summed E-state index contributed by atoms with van der Waals surface area (Å²) in [6.45, 7) is 1.67. The molecule has 1 heterocycles. The van der Waals surface area contributed by atoms with Gasteiger partial charge in [0.2, 0.25) is 5.91 Å². The Morgan fingerprint density at radius 1 is 1.09 bits per heavy atom. The lowest BCUT2D eigenvalue weighted by Crippen LogP contribution is -2.33. The summed E-state index contributed by atoms with van der Waals surface area (Å²) in [7, 11) is 0. The number of hydrogen-bond donors (Lipinski definition) is 1. The minimum Gasteiger partial charge on any atom is -0.481 e. The Bertz CT molecular complexity index is 543. The third kappa shape index (κ3) is 3.92. The number of aliphatic carboxylic acids is 1. The lowest BCUT2D eigenvalue weighted by Gasteiger charge is -2.22. The summed E-state index contributed by atoms with van der Waals surface area (Å²) in [5.41, 5.74) is 0.975. The highest BCUT2D eigenvalue weighted by molar-refractivity contribution is 5.82. The highest BCUT2D eigenvalue weighted by atomic mass is 16.4. The Hall–Kier alpha value is -1.84. The van der Waals surface area contributed by atoms with Crippen molar-refractivity contribution in [3.8, 4) is 0 Å². The van der Waals surface area contributed by atoms with E-state index in [1.54, 1.807) is 0 Å². The van der Waals surface area contributed by atoms with Crippen LogP contribution in [0.25, 0.3) is 0 Å². The van der Waals surface area contributed by atoms with Gasteiger partial charge in [-0.1, -0.05) is 43.2 Å². The number of hydrogen-bond acceptors (Lipinski definition) is 2. The second kappa shape index (κ2) is 7.16. The molecule has 1 saturated carbocycles. The summed E-state index contributed by atoms with van der Waals surface area (Å²) >= 11 is 0. The molecule has 1 aliphatic heterocycles. The van der Waals surface area contributed by atoms with Gasteiger partial charge in [-0.2, -0.15) is 0 Å². The quantitative estimate of drug-likeness (QED) is 0.909. The fraction of sp³-hybridized carbons (Fsp3) is 0.579. The van der Waals surface area contributed by atoms with Gasteiger partial charge in [0.1, 0.15) is 0 Å². The van der Waals surface area contributed by atoms with Gasteiger partial charge in [-0.3, -0.25) is 9.59 Å². The van der Waals surface area contributed by atoms with Gasteiger partial charge in [-0.25, -0.2) is 0 Å². The molecular formula is C19H25NO3. The highest BCUT2D eigenvalue weighted by Gasteiger charge is 2.37. The van der Waals surface area contributed by atoms with Crippen molar-refractivity contribution < 1.29 is 14.7 Å². The molecule has 0 bridgehead atoms. The maximum absolute atomic E-state index is 12.6. The Kier molecular flexibility index (Phi) is 4.99. The first-order valence-electron chi connectivity index (χ1n) is 8.68. The Morgan fingerprint density at radius 2 is 1.70 bits per heavy atom. The van der Waals surface area contributed by atoms with E-state index >= 15 is 0 Å². The van der Waals surface area contributed by atoms with Crippen molar-refractivity contribution in [1.29, 1.82) is 0 Å². The molecule has 2 fully saturated rings. The predicted octanol–water partition coefficient (Wildman–Crippen LogP) is 2.97. The van der Waals surface area contributed by atoms with Crippen LogP contribution in [0.2, 0.25) is 0 Å². The van der Waals surface area contributed by atoms with Crippen LogP contribution in [0.4, 0.5) is 0 Å². The molecule has 3 rings (SSSR count). The molecule has 1 aromatic carbocycles. The number of rotatable bonds is 5. The number of benzene rings is 1. The van der Waals surface area contributed by atoms with Crippen LogP contribution in [0, 0.1) is 17.8 Å². The summed E-state index contributed by atoms with van der Waals surface area (Å²) in [5, 5.41) is 9.46. The SMILES string of the molecule is O=C(O)[C@H](CC(=O)N1C[C@@H]2CCCC[C@H]2C1)Cc1ccccc1. The Balaban J connectivity index is 1.59. The fourth-order valence-electron chi connectivity index (χ4n) is 4.09. The van der Waals surface area contributed by atoms with Gasteiger partial charge in [0.25, 0.3) is 0 Å². The molecule has 0 spiro atoms. The van der Waals surface area contributed by atoms with Crippen LogP contribution in [-0.4, -0.2) is 35.0 Å². The summed E-state index contributed by atoms with van der Waals surface area (Å²) in [4.78, 5) is 26.0. The number of carbonyl (C=O) groups is 2. The molecule has 4 nitrogen and oxygen atoms in total. The standard InChI is InChI=1S/C19H25NO3/c21-18(20-12-15-8-4-5-9-16(15)13-20)11-17(19(22)23)10-14-6-2-1-3-7-14/h1-3,6-7,15-17H,4-5,8-13H2,(H,22,23)/t15-,16-,17-/m0/s1. The van der Waals surface area contributed by atoms with E-state index in [-0.39, 0.29) is 12.3 Å². The van der Waals surface area contributed by atoms with E-state index < -0.39 is 11.9 Å². The van der Waals surface area contributed by atoms with E-state index in [9.17, 15) is 14.7 Å². The third-order valence-corrected chi connectivity index (χ3v) is 5.42. The van der Waals surface area contributed by atoms with Crippen LogP contribution in [-0.2, 0) is 16.0 Å². The molecule has 4 heteroatoms. The van der Waals surface area contributed by atoms with E-state index in [2.05, 4.69) is 0 Å². The van der Waals surface area contributed by atoms with Gasteiger partial charge in [0, 0.05) is 19.5 Å². The topological polar surface area (TPSA) is 57.6 Å².